The molecule has 0 radical (unpaired) electrons. The number of aliphatic hydroxyl groups is 1. The Morgan fingerprint density at radius 1 is 1.14 bits per heavy atom. The Kier molecular flexibility index (Phi) is 11.7. The molecule has 3 saturated carbocycles. The van der Waals surface area contributed by atoms with Crippen molar-refractivity contribution in [3.8, 4) is 0 Å². The van der Waals surface area contributed by atoms with Crippen molar-refractivity contribution in [3.05, 3.63) is 23.8 Å². The molecule has 4 N–H and O–H groups in total. The number of hydrogen-bond donors (Lipinski definition) is 4. The molecule has 3 unspecified atom stereocenters. The second kappa shape index (κ2) is 15.3. The van der Waals surface area contributed by atoms with Crippen LogP contribution in [0.1, 0.15) is 85.5 Å². The molecule has 4 fully saturated rings. The molecule has 0 spiro atoms. The fourth-order valence-electron chi connectivity index (χ4n) is 9.55. The lowest BCUT2D eigenvalue weighted by Crippen LogP contribution is -2.63. The van der Waals surface area contributed by atoms with E-state index >= 15 is 0 Å². The number of ketones is 2. The molecule has 15 heteroatoms. The molecule has 0 bridgehead atoms. The third-order valence-electron chi connectivity index (χ3n) is 11.6. The van der Waals surface area contributed by atoms with Gasteiger partial charge in [-0.3, -0.25) is 34.4 Å². The Balaban J connectivity index is 1.28. The van der Waals surface area contributed by atoms with E-state index in [-0.39, 0.29) is 43.2 Å². The van der Waals surface area contributed by atoms with Gasteiger partial charge in [0.2, 0.25) is 11.7 Å². The van der Waals surface area contributed by atoms with E-state index in [1.807, 2.05) is 19.9 Å². The van der Waals surface area contributed by atoms with E-state index < -0.39 is 83.0 Å². The van der Waals surface area contributed by atoms with Crippen LogP contribution in [-0.4, -0.2) is 100 Å². The Hall–Kier alpha value is -3.05. The van der Waals surface area contributed by atoms with Gasteiger partial charge in [-0.1, -0.05) is 38.8 Å². The van der Waals surface area contributed by atoms with Gasteiger partial charge in [0.1, 0.15) is 6.04 Å². The lowest BCUT2D eigenvalue weighted by atomic mass is 9.46. The summed E-state index contributed by atoms with van der Waals surface area (Å²) in [6, 6.07) is -1.36. The molecule has 10 atom stereocenters. The molecule has 0 aromatic heterocycles. The van der Waals surface area contributed by atoms with Crippen molar-refractivity contribution in [1.29, 1.82) is 0 Å². The lowest BCUT2D eigenvalue weighted by Gasteiger charge is -2.59. The van der Waals surface area contributed by atoms with Gasteiger partial charge in [-0.25, -0.2) is 4.79 Å². The highest BCUT2D eigenvalue weighted by Crippen LogP contribution is 2.69. The zero-order chi connectivity index (χ0) is 36.4. The van der Waals surface area contributed by atoms with Crippen LogP contribution in [0.3, 0.4) is 0 Å². The van der Waals surface area contributed by atoms with Crippen LogP contribution in [0.4, 0.5) is 0 Å². The molecule has 1 aliphatic heterocycles. The first-order chi connectivity index (χ1) is 23.7. The normalized spacial score (nSPS) is 36.1. The molecular formula is C35H50N2O13. The number of carbonyl (C=O) groups is 5. The molecule has 0 aromatic carbocycles. The predicted molar refractivity (Wildman–Crippen MR) is 171 cm³/mol. The monoisotopic (exact) mass is 706 g/mol. The smallest absolute Gasteiger partial charge is 0.329 e. The number of ether oxygens (including phenoxy) is 4. The third kappa shape index (κ3) is 7.18. The van der Waals surface area contributed by atoms with Crippen molar-refractivity contribution in [2.24, 2.45) is 28.6 Å². The van der Waals surface area contributed by atoms with Crippen LogP contribution >= 0.6 is 0 Å². The Morgan fingerprint density at radius 2 is 1.88 bits per heavy atom. The van der Waals surface area contributed by atoms with Gasteiger partial charge in [0.15, 0.2) is 24.3 Å². The molecule has 5 aliphatic rings. The summed E-state index contributed by atoms with van der Waals surface area (Å²) in [5.41, 5.74) is -1.80. The van der Waals surface area contributed by atoms with Crippen LogP contribution in [-0.2, 0) is 47.8 Å². The minimum atomic E-state index is -1.48. The maximum Gasteiger partial charge on any atom is 0.329 e. The van der Waals surface area contributed by atoms with Crippen molar-refractivity contribution < 1.29 is 63.3 Å². The van der Waals surface area contributed by atoms with E-state index in [0.717, 1.165) is 18.4 Å². The van der Waals surface area contributed by atoms with Crippen LogP contribution < -0.4 is 5.32 Å². The van der Waals surface area contributed by atoms with E-state index in [0.29, 0.717) is 32.1 Å². The van der Waals surface area contributed by atoms with Gasteiger partial charge >= 0.3 is 11.9 Å². The van der Waals surface area contributed by atoms with Gasteiger partial charge in [-0.05, 0) is 68.9 Å². The molecule has 278 valence electrons. The number of esters is 2. The number of carbonyl (C=O) groups excluding carboxylic acids is 5. The molecule has 5 rings (SSSR count). The topological polar surface area (TPSA) is 207 Å². The summed E-state index contributed by atoms with van der Waals surface area (Å²) in [6.07, 6.45) is 6.71. The molecule has 50 heavy (non-hydrogen) atoms. The molecular weight excluding hydrogens is 656 g/mol. The second-order valence-corrected chi connectivity index (χ2v) is 14.6. The summed E-state index contributed by atoms with van der Waals surface area (Å²) in [6.45, 7) is 6.43. The van der Waals surface area contributed by atoms with Gasteiger partial charge in [-0.2, -0.15) is 0 Å². The highest BCUT2D eigenvalue weighted by Gasteiger charge is 2.75. The molecule has 1 heterocycles. The Morgan fingerprint density at radius 3 is 2.58 bits per heavy atom. The largest absolute Gasteiger partial charge is 0.464 e. The zero-order valence-electron chi connectivity index (χ0n) is 29.1. The number of nitrogens with zero attached hydrogens (tertiary/aromatic N) is 1. The van der Waals surface area contributed by atoms with Crippen molar-refractivity contribution >= 4 is 29.4 Å². The van der Waals surface area contributed by atoms with E-state index in [9.17, 15) is 29.1 Å². The summed E-state index contributed by atoms with van der Waals surface area (Å²) in [4.78, 5) is 68.6. The van der Waals surface area contributed by atoms with E-state index in [4.69, 9.17) is 29.4 Å². The standard InChI is InChI=1S/C35H50N2O13/c1-5-8-30-49-28-16-24-23-10-9-21-15-22(39)11-12-33(21,3)31(23)26(40)18-34(24,4)35(28,50-30)27(41)19-47-29(42)17-25(36-20(2)38)32(43)46-13-6-7-14-48-37(44)45/h11-12,15,23-26,28,30-31,40,44-45H,5-10,13-14,16-19H2,1-4H3,(H,36,38)/t23-,24-,25?,26-,28+,30?,31+,33-,34-,35?/m0/s1. The van der Waals surface area contributed by atoms with E-state index in [1.54, 1.807) is 12.2 Å². The van der Waals surface area contributed by atoms with Crippen LogP contribution in [0.5, 0.6) is 0 Å². The second-order valence-electron chi connectivity index (χ2n) is 14.6. The van der Waals surface area contributed by atoms with Gasteiger partial charge in [0.25, 0.3) is 0 Å². The van der Waals surface area contributed by atoms with Crippen molar-refractivity contribution in [1.82, 2.24) is 10.7 Å². The van der Waals surface area contributed by atoms with Gasteiger partial charge in [0.05, 0.1) is 37.2 Å². The highest BCUT2D eigenvalue weighted by molar-refractivity contribution is 6.01. The SMILES string of the molecule is CCCC1O[C@@H]2C[C@H]3[C@@H]4CCC5=CC(=O)C=C[C@]5(C)[C@H]4[C@@H](O)C[C@]3(C)C2(C(=O)COC(=O)CC(NC(C)=O)C(=O)OCCCCON(O)O)O1. The number of nitrogens with one attached hydrogen (secondary N) is 1. The Labute approximate surface area is 291 Å². The quantitative estimate of drug-likeness (QED) is 0.110. The lowest BCUT2D eigenvalue weighted by molar-refractivity contribution is -0.492. The van der Waals surface area contributed by atoms with Gasteiger partial charge in [-0.15, -0.1) is 0 Å². The molecule has 4 aliphatic carbocycles. The average molecular weight is 707 g/mol. The molecule has 1 amide bonds. The van der Waals surface area contributed by atoms with Crippen molar-refractivity contribution in [2.75, 3.05) is 19.8 Å². The number of fused-ring (bicyclic) bond motifs is 7. The number of unbranched alkanes of at least 4 members (excludes halogenated alkanes) is 1. The number of aliphatic hydroxyl groups excluding tert-OH is 1. The molecule has 0 aromatic rings. The molecule has 15 nitrogen and oxygen atoms in total. The number of hydrogen-bond acceptors (Lipinski definition) is 14. The number of Topliss-reactive ketones (excluding diaryl/α,β-unsaturated/α-hetero) is 1. The zero-order valence-corrected chi connectivity index (χ0v) is 29.1. The minimum Gasteiger partial charge on any atom is -0.464 e. The summed E-state index contributed by atoms with van der Waals surface area (Å²) in [7, 11) is 0. The summed E-state index contributed by atoms with van der Waals surface area (Å²) in [5, 5.41) is 31.0. The van der Waals surface area contributed by atoms with Crippen LogP contribution in [0, 0.1) is 28.6 Å². The Bertz CT molecular complexity index is 1400. The first-order valence-electron chi connectivity index (χ1n) is 17.5. The van der Waals surface area contributed by atoms with E-state index in [1.165, 1.54) is 6.92 Å². The van der Waals surface area contributed by atoms with Crippen molar-refractivity contribution in [3.63, 3.8) is 0 Å². The maximum atomic E-state index is 14.4. The van der Waals surface area contributed by atoms with Crippen LogP contribution in [0.2, 0.25) is 0 Å². The summed E-state index contributed by atoms with van der Waals surface area (Å²) >= 11 is 0. The average Bonchev–Trinajstić information content (AvgIpc) is 3.52. The fourth-order valence-corrected chi connectivity index (χ4v) is 9.55. The highest BCUT2D eigenvalue weighted by atomic mass is 17.1. The maximum absolute atomic E-state index is 14.4. The first kappa shape index (κ1) is 38.2. The van der Waals surface area contributed by atoms with Crippen LogP contribution in [0.25, 0.3) is 0 Å². The minimum absolute atomic E-state index is 0.0226. The van der Waals surface area contributed by atoms with Gasteiger partial charge in [0, 0.05) is 23.7 Å². The number of allylic oxidation sites excluding steroid dienone is 4. The predicted octanol–water partition coefficient (Wildman–Crippen LogP) is 2.50. The van der Waals surface area contributed by atoms with Crippen LogP contribution in [0.15, 0.2) is 23.8 Å². The summed E-state index contributed by atoms with van der Waals surface area (Å²) in [5.74, 6) is -3.09. The number of rotatable bonds is 15. The van der Waals surface area contributed by atoms with Gasteiger partial charge < -0.3 is 29.4 Å². The third-order valence-corrected chi connectivity index (χ3v) is 11.6. The fraction of sp³-hybridized carbons (Fsp3) is 0.743. The van der Waals surface area contributed by atoms with Crippen molar-refractivity contribution in [2.45, 2.75) is 116 Å². The first-order valence-corrected chi connectivity index (χ1v) is 17.5. The molecule has 1 saturated heterocycles. The summed E-state index contributed by atoms with van der Waals surface area (Å²) < 4.78 is 23.6. The number of amides is 1. The van der Waals surface area contributed by atoms with E-state index in [2.05, 4.69) is 17.1 Å².